The van der Waals surface area contributed by atoms with Gasteiger partial charge in [0.05, 0.1) is 0 Å². The number of thioether (sulfide) groups is 1. The molecule has 5 nitrogen and oxygen atoms in total. The molecule has 2 aromatic rings. The number of aromatic nitrogens is 3. The van der Waals surface area contributed by atoms with Crippen LogP contribution in [0.15, 0.2) is 11.2 Å². The highest BCUT2D eigenvalue weighted by Gasteiger charge is 2.24. The largest absolute Gasteiger partial charge is 0.324 e. The predicted octanol–water partition coefficient (Wildman–Crippen LogP) is 4.35. The standard InChI is InChI=1S/C21H31N5S/c1-3-26(4-2)12-7-13-27-21-23-20(24-25-21)22-19-17-10-5-8-15(17)14-16-9-6-11-18(16)19/h14H,3-13H2,1-2H3,(H2,22,23,24,25). The molecule has 2 N–H and O–H groups in total. The Morgan fingerprint density at radius 1 is 1.04 bits per heavy atom. The topological polar surface area (TPSA) is 56.8 Å². The van der Waals surface area contributed by atoms with Crippen molar-refractivity contribution in [2.24, 2.45) is 0 Å². The highest BCUT2D eigenvalue weighted by Crippen LogP contribution is 2.39. The number of aromatic amines is 1. The van der Waals surface area contributed by atoms with Crippen molar-refractivity contribution in [1.29, 1.82) is 0 Å². The second-order valence-electron chi connectivity index (χ2n) is 7.57. The molecule has 1 aromatic heterocycles. The molecule has 2 aliphatic rings. The first-order valence-electron chi connectivity index (χ1n) is 10.5. The lowest BCUT2D eigenvalue weighted by Gasteiger charge is -2.17. The number of hydrogen-bond donors (Lipinski definition) is 2. The summed E-state index contributed by atoms with van der Waals surface area (Å²) >= 11 is 1.77. The molecular formula is C21H31N5S. The molecule has 0 saturated carbocycles. The van der Waals surface area contributed by atoms with E-state index < -0.39 is 0 Å². The average Bonchev–Trinajstić information content (AvgIpc) is 3.42. The molecule has 1 aromatic carbocycles. The molecule has 146 valence electrons. The molecular weight excluding hydrogens is 354 g/mol. The van der Waals surface area contributed by atoms with Crippen LogP contribution < -0.4 is 5.32 Å². The first-order valence-corrected chi connectivity index (χ1v) is 11.5. The molecule has 0 unspecified atom stereocenters. The van der Waals surface area contributed by atoms with Crippen LogP contribution >= 0.6 is 11.8 Å². The summed E-state index contributed by atoms with van der Waals surface area (Å²) in [6.45, 7) is 7.86. The zero-order valence-corrected chi connectivity index (χ0v) is 17.4. The Morgan fingerprint density at radius 3 is 2.41 bits per heavy atom. The minimum atomic E-state index is 0.788. The number of nitrogens with zero attached hydrogens (tertiary/aromatic N) is 3. The summed E-state index contributed by atoms with van der Waals surface area (Å²) in [5.41, 5.74) is 7.44. The van der Waals surface area contributed by atoms with Crippen molar-refractivity contribution in [1.82, 2.24) is 20.1 Å². The number of fused-ring (bicyclic) bond motifs is 2. The molecule has 1 heterocycles. The molecule has 27 heavy (non-hydrogen) atoms. The van der Waals surface area contributed by atoms with Crippen LogP contribution in [0.4, 0.5) is 11.6 Å². The van der Waals surface area contributed by atoms with Gasteiger partial charge in [0.2, 0.25) is 5.95 Å². The fraction of sp³-hybridized carbons (Fsp3) is 0.619. The van der Waals surface area contributed by atoms with Crippen LogP contribution in [0, 0.1) is 0 Å². The second kappa shape index (κ2) is 8.65. The highest BCUT2D eigenvalue weighted by atomic mass is 32.2. The van der Waals surface area contributed by atoms with Crippen molar-refractivity contribution in [3.8, 4) is 0 Å². The maximum absolute atomic E-state index is 4.36. The van der Waals surface area contributed by atoms with Crippen LogP contribution in [0.25, 0.3) is 0 Å². The summed E-state index contributed by atoms with van der Waals surface area (Å²) in [5.74, 6) is 1.86. The molecule has 0 fully saturated rings. The number of benzene rings is 1. The molecule has 0 amide bonds. The molecule has 4 rings (SSSR count). The van der Waals surface area contributed by atoms with Gasteiger partial charge >= 0.3 is 0 Å². The van der Waals surface area contributed by atoms with Crippen molar-refractivity contribution in [3.05, 3.63) is 28.3 Å². The minimum Gasteiger partial charge on any atom is -0.324 e. The van der Waals surface area contributed by atoms with Crippen molar-refractivity contribution < 1.29 is 0 Å². The van der Waals surface area contributed by atoms with E-state index in [0.29, 0.717) is 0 Å². The Hall–Kier alpha value is -1.53. The monoisotopic (exact) mass is 385 g/mol. The van der Waals surface area contributed by atoms with Gasteiger partial charge in [-0.05, 0) is 86.8 Å². The third-order valence-corrected chi connectivity index (χ3v) is 6.88. The van der Waals surface area contributed by atoms with Crippen LogP contribution in [0.2, 0.25) is 0 Å². The molecule has 0 atom stereocenters. The Bertz CT molecular complexity index is 749. The normalized spacial score (nSPS) is 15.4. The zero-order chi connectivity index (χ0) is 18.6. The lowest BCUT2D eigenvalue weighted by Crippen LogP contribution is -2.24. The van der Waals surface area contributed by atoms with Crippen LogP contribution in [0.1, 0.15) is 55.4 Å². The van der Waals surface area contributed by atoms with Crippen molar-refractivity contribution in [2.45, 2.75) is 63.9 Å². The second-order valence-corrected chi connectivity index (χ2v) is 8.65. The molecule has 2 aliphatic carbocycles. The van der Waals surface area contributed by atoms with E-state index in [2.05, 4.69) is 45.3 Å². The Morgan fingerprint density at radius 2 is 1.74 bits per heavy atom. The van der Waals surface area contributed by atoms with Crippen LogP contribution in [-0.2, 0) is 25.7 Å². The third kappa shape index (κ3) is 4.16. The van der Waals surface area contributed by atoms with E-state index in [0.717, 1.165) is 36.5 Å². The van der Waals surface area contributed by atoms with E-state index in [1.165, 1.54) is 61.8 Å². The maximum Gasteiger partial charge on any atom is 0.227 e. The minimum absolute atomic E-state index is 0.788. The highest BCUT2D eigenvalue weighted by molar-refractivity contribution is 7.99. The first kappa shape index (κ1) is 18.8. The Labute approximate surface area is 166 Å². The fourth-order valence-corrected chi connectivity index (χ4v) is 5.18. The lowest BCUT2D eigenvalue weighted by molar-refractivity contribution is 0.305. The number of hydrogen-bond acceptors (Lipinski definition) is 5. The van der Waals surface area contributed by atoms with E-state index in [1.807, 2.05) is 0 Å². The van der Waals surface area contributed by atoms with Gasteiger partial charge < -0.3 is 15.2 Å². The summed E-state index contributed by atoms with van der Waals surface area (Å²) in [6.07, 6.45) is 8.55. The van der Waals surface area contributed by atoms with E-state index in [-0.39, 0.29) is 0 Å². The van der Waals surface area contributed by atoms with Gasteiger partial charge in [-0.25, -0.2) is 0 Å². The molecule has 0 radical (unpaired) electrons. The molecule has 6 heteroatoms. The number of anilines is 2. The van der Waals surface area contributed by atoms with Gasteiger partial charge in [-0.1, -0.05) is 31.7 Å². The lowest BCUT2D eigenvalue weighted by atomic mass is 9.99. The summed E-state index contributed by atoms with van der Waals surface area (Å²) in [7, 11) is 0. The van der Waals surface area contributed by atoms with E-state index in [1.54, 1.807) is 22.9 Å². The van der Waals surface area contributed by atoms with Crippen molar-refractivity contribution in [3.63, 3.8) is 0 Å². The van der Waals surface area contributed by atoms with Gasteiger partial charge in [0, 0.05) is 11.4 Å². The van der Waals surface area contributed by atoms with E-state index in [4.69, 9.17) is 0 Å². The van der Waals surface area contributed by atoms with Crippen molar-refractivity contribution in [2.75, 3.05) is 30.7 Å². The SMILES string of the molecule is CCN(CC)CCCSc1nnc(Nc2c3c(cc4c2CCC4)CCC3)[nH]1. The van der Waals surface area contributed by atoms with Gasteiger partial charge in [0.15, 0.2) is 5.16 Å². The van der Waals surface area contributed by atoms with E-state index >= 15 is 0 Å². The molecule has 0 spiro atoms. The van der Waals surface area contributed by atoms with Crippen LogP contribution in [0.5, 0.6) is 0 Å². The van der Waals surface area contributed by atoms with Gasteiger partial charge in [0.1, 0.15) is 0 Å². The van der Waals surface area contributed by atoms with Crippen LogP contribution in [0.3, 0.4) is 0 Å². The zero-order valence-electron chi connectivity index (χ0n) is 16.6. The quantitative estimate of drug-likeness (QED) is 0.496. The smallest absolute Gasteiger partial charge is 0.227 e. The Balaban J connectivity index is 1.39. The number of nitrogens with one attached hydrogen (secondary N) is 2. The van der Waals surface area contributed by atoms with Gasteiger partial charge in [-0.15, -0.1) is 10.2 Å². The van der Waals surface area contributed by atoms with Crippen molar-refractivity contribution >= 4 is 23.4 Å². The number of H-pyrrole nitrogens is 1. The first-order chi connectivity index (χ1) is 13.3. The van der Waals surface area contributed by atoms with Gasteiger partial charge in [-0.2, -0.15) is 0 Å². The fourth-order valence-electron chi connectivity index (χ4n) is 4.45. The third-order valence-electron chi connectivity index (χ3n) is 5.93. The summed E-state index contributed by atoms with van der Waals surface area (Å²) in [6, 6.07) is 2.47. The summed E-state index contributed by atoms with van der Waals surface area (Å²) < 4.78 is 0. The molecule has 0 saturated heterocycles. The summed E-state index contributed by atoms with van der Waals surface area (Å²) in [5, 5.41) is 13.2. The Kier molecular flexibility index (Phi) is 6.03. The van der Waals surface area contributed by atoms with Gasteiger partial charge in [-0.3, -0.25) is 0 Å². The maximum atomic E-state index is 4.36. The van der Waals surface area contributed by atoms with Crippen LogP contribution in [-0.4, -0.2) is 45.5 Å². The average molecular weight is 386 g/mol. The van der Waals surface area contributed by atoms with Gasteiger partial charge in [0.25, 0.3) is 0 Å². The number of aryl methyl sites for hydroxylation is 2. The number of rotatable bonds is 9. The predicted molar refractivity (Wildman–Crippen MR) is 113 cm³/mol. The van der Waals surface area contributed by atoms with E-state index in [9.17, 15) is 0 Å². The molecule has 0 aliphatic heterocycles. The summed E-state index contributed by atoms with van der Waals surface area (Å²) in [4.78, 5) is 5.84. The molecule has 0 bridgehead atoms.